The average Bonchev–Trinajstić information content (AvgIpc) is 2.88. The van der Waals surface area contributed by atoms with E-state index in [1.807, 2.05) is 0 Å². The van der Waals surface area contributed by atoms with E-state index in [4.69, 9.17) is 0 Å². The number of nitrogens with one attached hydrogen (secondary N) is 1. The quantitative estimate of drug-likeness (QED) is 0.471. The van der Waals surface area contributed by atoms with Crippen molar-refractivity contribution < 1.29 is 22.8 Å². The second-order valence-electron chi connectivity index (χ2n) is 10.7. The second-order valence-corrected chi connectivity index (χ2v) is 10.7. The number of halogens is 3. The first kappa shape index (κ1) is 26.0. The molecular formula is C28H39F3N2O2. The van der Waals surface area contributed by atoms with Gasteiger partial charge < -0.3 is 10.2 Å². The van der Waals surface area contributed by atoms with Gasteiger partial charge in [0.05, 0.1) is 11.1 Å². The maximum absolute atomic E-state index is 14.0. The zero-order valence-corrected chi connectivity index (χ0v) is 20.6. The van der Waals surface area contributed by atoms with Crippen LogP contribution >= 0.6 is 0 Å². The first-order chi connectivity index (χ1) is 16.9. The van der Waals surface area contributed by atoms with Crippen LogP contribution in [0.25, 0.3) is 0 Å². The zero-order chi connectivity index (χ0) is 24.8. The summed E-state index contributed by atoms with van der Waals surface area (Å²) in [6.07, 6.45) is 9.67. The number of carbonyl (C=O) groups is 2. The van der Waals surface area contributed by atoms with Gasteiger partial charge >= 0.3 is 6.18 Å². The van der Waals surface area contributed by atoms with Gasteiger partial charge in [0.2, 0.25) is 5.91 Å². The van der Waals surface area contributed by atoms with E-state index < -0.39 is 23.7 Å². The predicted molar refractivity (Wildman–Crippen MR) is 130 cm³/mol. The monoisotopic (exact) mass is 492 g/mol. The van der Waals surface area contributed by atoms with E-state index in [9.17, 15) is 22.8 Å². The van der Waals surface area contributed by atoms with Crippen LogP contribution in [0.1, 0.15) is 112 Å². The van der Waals surface area contributed by atoms with Crippen LogP contribution < -0.4 is 5.32 Å². The molecule has 194 valence electrons. The van der Waals surface area contributed by atoms with Crippen LogP contribution in [0.15, 0.2) is 24.3 Å². The molecule has 7 heteroatoms. The summed E-state index contributed by atoms with van der Waals surface area (Å²) in [5.41, 5.74) is -1.25. The van der Waals surface area contributed by atoms with Crippen LogP contribution in [0.4, 0.5) is 13.2 Å². The molecule has 1 aromatic rings. The summed E-state index contributed by atoms with van der Waals surface area (Å²) < 4.78 is 41.7. The van der Waals surface area contributed by atoms with Crippen LogP contribution in [0.3, 0.4) is 0 Å². The summed E-state index contributed by atoms with van der Waals surface area (Å²) in [6, 6.07) is 4.23. The lowest BCUT2D eigenvalue weighted by Gasteiger charge is -2.44. The molecule has 0 aromatic heterocycles. The Bertz CT molecular complexity index is 854. The van der Waals surface area contributed by atoms with Gasteiger partial charge in [-0.2, -0.15) is 13.2 Å². The minimum absolute atomic E-state index is 0.0173. The fourth-order valence-corrected chi connectivity index (χ4v) is 6.49. The molecule has 1 unspecified atom stereocenters. The van der Waals surface area contributed by atoms with E-state index in [0.717, 1.165) is 96.0 Å². The van der Waals surface area contributed by atoms with Crippen LogP contribution in [0, 0.1) is 5.92 Å². The Hall–Kier alpha value is -2.05. The molecule has 4 nitrogen and oxygen atoms in total. The van der Waals surface area contributed by atoms with Crippen LogP contribution in [0.2, 0.25) is 0 Å². The van der Waals surface area contributed by atoms with Crippen LogP contribution in [-0.4, -0.2) is 34.8 Å². The lowest BCUT2D eigenvalue weighted by Crippen LogP contribution is -2.59. The summed E-state index contributed by atoms with van der Waals surface area (Å²) in [5.74, 6) is -0.817. The van der Waals surface area contributed by atoms with Gasteiger partial charge in [-0.25, -0.2) is 0 Å². The van der Waals surface area contributed by atoms with Gasteiger partial charge in [-0.1, -0.05) is 69.9 Å². The SMILES string of the molecule is O=C(NC1CCCCC1)C(C1CCCCC1)N(C(=O)c1ccccc1C(F)(F)F)C1CCCCC1. The molecule has 4 rings (SSSR count). The minimum atomic E-state index is -4.63. The summed E-state index contributed by atoms with van der Waals surface area (Å²) in [6.45, 7) is 0. The van der Waals surface area contributed by atoms with Crippen molar-refractivity contribution in [2.75, 3.05) is 0 Å². The van der Waals surface area contributed by atoms with Crippen LogP contribution in [0.5, 0.6) is 0 Å². The van der Waals surface area contributed by atoms with E-state index in [1.54, 1.807) is 4.90 Å². The normalized spacial score (nSPS) is 21.9. The van der Waals surface area contributed by atoms with Crippen molar-refractivity contribution in [3.63, 3.8) is 0 Å². The molecule has 3 saturated carbocycles. The maximum Gasteiger partial charge on any atom is 0.417 e. The number of carbonyl (C=O) groups excluding carboxylic acids is 2. The summed E-state index contributed by atoms with van der Waals surface area (Å²) >= 11 is 0. The Morgan fingerprint density at radius 1 is 0.800 bits per heavy atom. The number of benzene rings is 1. The minimum Gasteiger partial charge on any atom is -0.352 e. The highest BCUT2D eigenvalue weighted by Crippen LogP contribution is 2.37. The average molecular weight is 493 g/mol. The third-order valence-electron chi connectivity index (χ3n) is 8.28. The third-order valence-corrected chi connectivity index (χ3v) is 8.28. The van der Waals surface area contributed by atoms with Crippen LogP contribution in [-0.2, 0) is 11.0 Å². The molecule has 0 heterocycles. The van der Waals surface area contributed by atoms with Crippen molar-refractivity contribution in [1.29, 1.82) is 0 Å². The van der Waals surface area contributed by atoms with E-state index >= 15 is 0 Å². The molecule has 1 atom stereocenters. The number of hydrogen-bond acceptors (Lipinski definition) is 2. The number of amides is 2. The molecule has 0 spiro atoms. The van der Waals surface area contributed by atoms with Gasteiger partial charge in [0.25, 0.3) is 5.91 Å². The molecular weight excluding hydrogens is 453 g/mol. The molecule has 35 heavy (non-hydrogen) atoms. The molecule has 0 aliphatic heterocycles. The topological polar surface area (TPSA) is 49.4 Å². The fourth-order valence-electron chi connectivity index (χ4n) is 6.49. The fraction of sp³-hybridized carbons (Fsp3) is 0.714. The molecule has 1 N–H and O–H groups in total. The predicted octanol–water partition coefficient (Wildman–Crippen LogP) is 6.88. The lowest BCUT2D eigenvalue weighted by molar-refractivity contribution is -0.138. The first-order valence-corrected chi connectivity index (χ1v) is 13.7. The highest BCUT2D eigenvalue weighted by atomic mass is 19.4. The van der Waals surface area contributed by atoms with E-state index in [2.05, 4.69) is 5.32 Å². The standard InChI is InChI=1S/C28H39F3N2O2/c29-28(30,31)24-19-11-10-18-23(24)27(35)33(22-16-8-3-9-17-22)25(20-12-4-1-5-13-20)26(34)32-21-14-6-2-7-15-21/h10-11,18-22,25H,1-9,12-17H2,(H,32,34). The third kappa shape index (κ3) is 6.39. The Morgan fingerprint density at radius 3 is 1.94 bits per heavy atom. The summed E-state index contributed by atoms with van der Waals surface area (Å²) in [5, 5.41) is 3.23. The van der Waals surface area contributed by atoms with E-state index in [0.29, 0.717) is 0 Å². The molecule has 3 fully saturated rings. The highest BCUT2D eigenvalue weighted by Gasteiger charge is 2.44. The van der Waals surface area contributed by atoms with Crippen molar-refractivity contribution in [1.82, 2.24) is 10.2 Å². The summed E-state index contributed by atoms with van der Waals surface area (Å²) in [4.78, 5) is 29.5. The Labute approximate surface area is 207 Å². The Balaban J connectivity index is 1.72. The van der Waals surface area contributed by atoms with Gasteiger partial charge in [-0.3, -0.25) is 9.59 Å². The number of alkyl halides is 3. The van der Waals surface area contributed by atoms with Crippen molar-refractivity contribution in [3.8, 4) is 0 Å². The van der Waals surface area contributed by atoms with Crippen molar-refractivity contribution >= 4 is 11.8 Å². The molecule has 0 radical (unpaired) electrons. The number of hydrogen-bond donors (Lipinski definition) is 1. The van der Waals surface area contributed by atoms with Crippen molar-refractivity contribution in [3.05, 3.63) is 35.4 Å². The highest BCUT2D eigenvalue weighted by molar-refractivity contribution is 5.99. The van der Waals surface area contributed by atoms with Gasteiger partial charge in [-0.15, -0.1) is 0 Å². The van der Waals surface area contributed by atoms with Crippen molar-refractivity contribution in [2.24, 2.45) is 5.92 Å². The smallest absolute Gasteiger partial charge is 0.352 e. The summed E-state index contributed by atoms with van der Waals surface area (Å²) in [7, 11) is 0. The number of nitrogens with zero attached hydrogens (tertiary/aromatic N) is 1. The van der Waals surface area contributed by atoms with Gasteiger partial charge in [0.1, 0.15) is 6.04 Å². The molecule has 2 amide bonds. The zero-order valence-electron chi connectivity index (χ0n) is 20.6. The molecule has 1 aromatic carbocycles. The van der Waals surface area contributed by atoms with E-state index in [-0.39, 0.29) is 29.5 Å². The second kappa shape index (κ2) is 11.8. The van der Waals surface area contributed by atoms with E-state index in [1.165, 1.54) is 24.6 Å². The lowest BCUT2D eigenvalue weighted by atomic mass is 9.80. The van der Waals surface area contributed by atoms with Gasteiger partial charge in [0, 0.05) is 12.1 Å². The van der Waals surface area contributed by atoms with Gasteiger partial charge in [0.15, 0.2) is 0 Å². The maximum atomic E-state index is 14.0. The van der Waals surface area contributed by atoms with Gasteiger partial charge in [-0.05, 0) is 56.6 Å². The van der Waals surface area contributed by atoms with Crippen molar-refractivity contribution in [2.45, 2.75) is 121 Å². The number of rotatable bonds is 6. The Kier molecular flexibility index (Phi) is 8.77. The Morgan fingerprint density at radius 2 is 1.34 bits per heavy atom. The molecule has 3 aliphatic rings. The molecule has 0 bridgehead atoms. The molecule has 3 aliphatic carbocycles. The first-order valence-electron chi connectivity index (χ1n) is 13.7. The largest absolute Gasteiger partial charge is 0.417 e. The molecule has 0 saturated heterocycles.